The van der Waals surface area contributed by atoms with Gasteiger partial charge in [0.15, 0.2) is 4.34 Å². The largest absolute Gasteiger partial charge is 0.229 e. The molecular formula is C19H9Cl2N3S2. The number of hydrogen-bond acceptors (Lipinski definition) is 5. The molecule has 0 saturated carbocycles. The van der Waals surface area contributed by atoms with E-state index in [9.17, 15) is 0 Å². The minimum Gasteiger partial charge on any atom is -0.229 e. The van der Waals surface area contributed by atoms with Crippen LogP contribution < -0.4 is 0 Å². The number of hydrogen-bond donors (Lipinski definition) is 0. The number of thiazole rings is 1. The van der Waals surface area contributed by atoms with E-state index in [1.165, 1.54) is 17.8 Å². The number of fused-ring (bicyclic) bond motifs is 1. The Kier molecular flexibility index (Phi) is 5.98. The average Bonchev–Trinajstić information content (AvgIpc) is 3.03. The Labute approximate surface area is 168 Å². The van der Waals surface area contributed by atoms with Crippen molar-refractivity contribution in [3.63, 3.8) is 0 Å². The first-order chi connectivity index (χ1) is 12.6. The molecule has 126 valence electrons. The number of benzene rings is 2. The van der Waals surface area contributed by atoms with E-state index < -0.39 is 0 Å². The molecule has 0 amide bonds. The molecule has 0 aliphatic rings. The van der Waals surface area contributed by atoms with Gasteiger partial charge in [0.2, 0.25) is 0 Å². The van der Waals surface area contributed by atoms with Crippen LogP contribution in [0.3, 0.4) is 0 Å². The van der Waals surface area contributed by atoms with Gasteiger partial charge in [-0.1, -0.05) is 47.1 Å². The topological polar surface area (TPSA) is 60.5 Å². The number of rotatable bonds is 4. The molecule has 0 saturated heterocycles. The minimum absolute atomic E-state index is 0.0353. The summed E-state index contributed by atoms with van der Waals surface area (Å²) in [6, 6.07) is 16.7. The van der Waals surface area contributed by atoms with Crippen molar-refractivity contribution in [3.05, 3.63) is 75.8 Å². The third-order valence-electron chi connectivity index (χ3n) is 3.30. The van der Waals surface area contributed by atoms with Crippen LogP contribution in [0.5, 0.6) is 0 Å². The van der Waals surface area contributed by atoms with Gasteiger partial charge in [0.25, 0.3) is 0 Å². The summed E-state index contributed by atoms with van der Waals surface area (Å²) < 4.78 is 1.88. The Morgan fingerprint density at radius 1 is 1.00 bits per heavy atom. The van der Waals surface area contributed by atoms with Crippen molar-refractivity contribution in [2.75, 3.05) is 0 Å². The van der Waals surface area contributed by atoms with Gasteiger partial charge in [-0.2, -0.15) is 10.5 Å². The fourth-order valence-corrected chi connectivity index (χ4v) is 4.48. The summed E-state index contributed by atoms with van der Waals surface area (Å²) in [4.78, 5) is 5.46. The molecule has 3 aromatic rings. The number of nitrogens with zero attached hydrogens (tertiary/aromatic N) is 3. The van der Waals surface area contributed by atoms with Crippen molar-refractivity contribution in [2.24, 2.45) is 0 Å². The smallest absolute Gasteiger partial charge is 0.155 e. The van der Waals surface area contributed by atoms with E-state index >= 15 is 0 Å². The van der Waals surface area contributed by atoms with E-state index in [0.29, 0.717) is 10.0 Å². The monoisotopic (exact) mass is 413 g/mol. The van der Waals surface area contributed by atoms with Crippen molar-refractivity contribution >= 4 is 61.4 Å². The standard InChI is InChI=1S/C19H9Cl2N3S2/c20-14-4-2-13(3-5-14)17(7-1-12(10-22)11-23)25-19-24-16-9-15(21)6-8-18(16)26-19/h1-9H/b17-7+. The van der Waals surface area contributed by atoms with Gasteiger partial charge in [0.1, 0.15) is 17.7 Å². The van der Waals surface area contributed by atoms with Crippen LogP contribution in [-0.4, -0.2) is 4.98 Å². The lowest BCUT2D eigenvalue weighted by atomic mass is 10.2. The van der Waals surface area contributed by atoms with Gasteiger partial charge < -0.3 is 0 Å². The lowest BCUT2D eigenvalue weighted by Gasteiger charge is -2.05. The number of aromatic nitrogens is 1. The molecule has 0 N–H and O–H groups in total. The first-order valence-electron chi connectivity index (χ1n) is 7.31. The van der Waals surface area contributed by atoms with Crippen LogP contribution in [0.25, 0.3) is 15.1 Å². The highest BCUT2D eigenvalue weighted by Gasteiger charge is 2.10. The zero-order valence-corrected chi connectivity index (χ0v) is 16.3. The summed E-state index contributed by atoms with van der Waals surface area (Å²) >= 11 is 15.0. The quantitative estimate of drug-likeness (QED) is 0.270. The number of halogens is 2. The molecule has 0 atom stereocenters. The Balaban J connectivity index is 2.00. The van der Waals surface area contributed by atoms with Gasteiger partial charge in [-0.15, -0.1) is 11.3 Å². The van der Waals surface area contributed by atoms with Gasteiger partial charge in [-0.25, -0.2) is 4.98 Å². The van der Waals surface area contributed by atoms with Gasteiger partial charge in [0, 0.05) is 15.0 Å². The van der Waals surface area contributed by atoms with Gasteiger partial charge in [0.05, 0.1) is 10.2 Å². The second-order valence-corrected chi connectivity index (χ2v) is 8.23. The van der Waals surface area contributed by atoms with Crippen LogP contribution >= 0.6 is 46.3 Å². The molecule has 26 heavy (non-hydrogen) atoms. The Morgan fingerprint density at radius 3 is 2.38 bits per heavy atom. The molecule has 0 bridgehead atoms. The van der Waals surface area contributed by atoms with Crippen LogP contribution in [0.4, 0.5) is 0 Å². The number of allylic oxidation sites excluding steroid dienone is 3. The fraction of sp³-hybridized carbons (Fsp3) is 0. The molecule has 1 heterocycles. The van der Waals surface area contributed by atoms with E-state index in [0.717, 1.165) is 25.0 Å². The van der Waals surface area contributed by atoms with Crippen LogP contribution in [0.1, 0.15) is 5.56 Å². The lowest BCUT2D eigenvalue weighted by molar-refractivity contribution is 1.31. The van der Waals surface area contributed by atoms with Crippen molar-refractivity contribution in [3.8, 4) is 12.1 Å². The van der Waals surface area contributed by atoms with E-state index in [4.69, 9.17) is 33.7 Å². The summed E-state index contributed by atoms with van der Waals surface area (Å²) in [7, 11) is 0. The van der Waals surface area contributed by atoms with E-state index in [-0.39, 0.29) is 5.57 Å². The summed E-state index contributed by atoms with van der Waals surface area (Å²) in [5.41, 5.74) is 1.79. The maximum Gasteiger partial charge on any atom is 0.155 e. The maximum atomic E-state index is 8.94. The molecular weight excluding hydrogens is 405 g/mol. The summed E-state index contributed by atoms with van der Waals surface area (Å²) in [6.45, 7) is 0. The van der Waals surface area contributed by atoms with E-state index in [1.807, 2.05) is 42.5 Å². The molecule has 1 aromatic heterocycles. The van der Waals surface area contributed by atoms with Gasteiger partial charge >= 0.3 is 0 Å². The van der Waals surface area contributed by atoms with Crippen LogP contribution in [0.2, 0.25) is 10.0 Å². The molecule has 0 aliphatic carbocycles. The van der Waals surface area contributed by atoms with E-state index in [1.54, 1.807) is 29.5 Å². The van der Waals surface area contributed by atoms with Crippen molar-refractivity contribution < 1.29 is 0 Å². The molecule has 0 aliphatic heterocycles. The predicted molar refractivity (Wildman–Crippen MR) is 109 cm³/mol. The fourth-order valence-electron chi connectivity index (χ4n) is 2.08. The lowest BCUT2D eigenvalue weighted by Crippen LogP contribution is -1.81. The Hall–Kier alpha value is -2.28. The minimum atomic E-state index is 0.0353. The highest BCUT2D eigenvalue weighted by molar-refractivity contribution is 8.09. The molecule has 7 heteroatoms. The normalized spacial score (nSPS) is 11.0. The molecule has 2 aromatic carbocycles. The third kappa shape index (κ3) is 4.46. The van der Waals surface area contributed by atoms with Crippen LogP contribution in [0, 0.1) is 22.7 Å². The number of thioether (sulfide) groups is 1. The highest BCUT2D eigenvalue weighted by atomic mass is 35.5. The SMILES string of the molecule is N#CC(C#N)=C/C=C(/Sc1nc2cc(Cl)ccc2s1)c1ccc(Cl)cc1. The molecule has 3 nitrogen and oxygen atoms in total. The molecule has 3 rings (SSSR count). The first-order valence-corrected chi connectivity index (χ1v) is 9.70. The summed E-state index contributed by atoms with van der Waals surface area (Å²) in [6.07, 6.45) is 3.25. The Bertz CT molecular complexity index is 1080. The van der Waals surface area contributed by atoms with Crippen LogP contribution in [-0.2, 0) is 0 Å². The van der Waals surface area contributed by atoms with E-state index in [2.05, 4.69) is 4.98 Å². The zero-order valence-electron chi connectivity index (χ0n) is 13.1. The van der Waals surface area contributed by atoms with Crippen molar-refractivity contribution in [2.45, 2.75) is 4.34 Å². The highest BCUT2D eigenvalue weighted by Crippen LogP contribution is 2.39. The van der Waals surface area contributed by atoms with Gasteiger partial charge in [-0.05, 0) is 48.0 Å². The molecule has 0 unspecified atom stereocenters. The second-order valence-electron chi connectivity index (χ2n) is 5.04. The first kappa shape index (κ1) is 18.5. The predicted octanol–water partition coefficient (Wildman–Crippen LogP) is 6.71. The van der Waals surface area contributed by atoms with Crippen LogP contribution in [0.15, 0.2) is 64.5 Å². The number of nitriles is 2. The van der Waals surface area contributed by atoms with Crippen molar-refractivity contribution in [1.29, 1.82) is 10.5 Å². The molecule has 0 fully saturated rings. The van der Waals surface area contributed by atoms with Gasteiger partial charge in [-0.3, -0.25) is 0 Å². The average molecular weight is 414 g/mol. The summed E-state index contributed by atoms with van der Waals surface area (Å²) in [5.74, 6) is 0. The van der Waals surface area contributed by atoms with Crippen molar-refractivity contribution in [1.82, 2.24) is 4.98 Å². The third-order valence-corrected chi connectivity index (χ3v) is 5.97. The maximum absolute atomic E-state index is 8.94. The Morgan fingerprint density at radius 2 is 1.69 bits per heavy atom. The second kappa shape index (κ2) is 8.40. The molecule has 0 spiro atoms. The zero-order chi connectivity index (χ0) is 18.5. The summed E-state index contributed by atoms with van der Waals surface area (Å²) in [5, 5.41) is 19.2. The molecule has 0 radical (unpaired) electrons.